The predicted molar refractivity (Wildman–Crippen MR) is 126 cm³/mol. The molecule has 0 saturated heterocycles. The molecule has 33 heavy (non-hydrogen) atoms. The molecule has 3 aromatic carbocycles. The highest BCUT2D eigenvalue weighted by Crippen LogP contribution is 2.37. The van der Waals surface area contributed by atoms with Crippen LogP contribution >= 0.6 is 0 Å². The summed E-state index contributed by atoms with van der Waals surface area (Å²) in [4.78, 5) is 23.0. The number of hydrogen-bond acceptors (Lipinski definition) is 6. The van der Waals surface area contributed by atoms with Gasteiger partial charge in [-0.15, -0.1) is 0 Å². The standard InChI is InChI=1S/C25H19N5O3/c1-14-5-4-6-15(11-14)27-25(31)21-22-24(29-18-8-3-2-7-17(18)28-22)30(23(21)26)16-9-10-19-20(12-16)33-13-32-19/h2-12H,13,26H2,1H3,(H,27,31). The highest BCUT2D eigenvalue weighted by Gasteiger charge is 2.26. The largest absolute Gasteiger partial charge is 0.454 e. The van der Waals surface area contributed by atoms with Gasteiger partial charge in [0.15, 0.2) is 17.1 Å². The molecule has 0 aliphatic carbocycles. The highest BCUT2D eigenvalue weighted by molar-refractivity contribution is 6.16. The number of fused-ring (bicyclic) bond motifs is 3. The molecule has 1 aliphatic rings. The third kappa shape index (κ3) is 3.11. The molecule has 8 heteroatoms. The number of amides is 1. The number of para-hydroxylation sites is 2. The second-order valence-corrected chi connectivity index (χ2v) is 7.84. The van der Waals surface area contributed by atoms with Gasteiger partial charge in [0.1, 0.15) is 16.9 Å². The summed E-state index contributed by atoms with van der Waals surface area (Å²) in [6.45, 7) is 2.13. The third-order valence-electron chi connectivity index (χ3n) is 5.62. The number of carbonyl (C=O) groups is 1. The lowest BCUT2D eigenvalue weighted by atomic mass is 10.2. The fourth-order valence-corrected chi connectivity index (χ4v) is 4.09. The van der Waals surface area contributed by atoms with E-state index in [1.54, 1.807) is 4.57 Å². The van der Waals surface area contributed by atoms with E-state index in [0.29, 0.717) is 45.1 Å². The van der Waals surface area contributed by atoms with Crippen LogP contribution in [0.1, 0.15) is 15.9 Å². The molecule has 8 nitrogen and oxygen atoms in total. The maximum absolute atomic E-state index is 13.4. The number of rotatable bonds is 3. The highest BCUT2D eigenvalue weighted by atomic mass is 16.7. The second kappa shape index (κ2) is 7.23. The van der Waals surface area contributed by atoms with Crippen LogP contribution in [0.5, 0.6) is 11.5 Å². The van der Waals surface area contributed by atoms with Gasteiger partial charge in [-0.1, -0.05) is 24.3 Å². The number of nitrogen functional groups attached to an aromatic ring is 1. The van der Waals surface area contributed by atoms with Gasteiger partial charge in [0.25, 0.3) is 5.91 Å². The lowest BCUT2D eigenvalue weighted by molar-refractivity contribution is 0.102. The van der Waals surface area contributed by atoms with Crippen molar-refractivity contribution in [2.75, 3.05) is 17.8 Å². The van der Waals surface area contributed by atoms with Crippen LogP contribution in [-0.2, 0) is 0 Å². The number of aromatic nitrogens is 3. The zero-order valence-corrected chi connectivity index (χ0v) is 17.7. The van der Waals surface area contributed by atoms with Crippen molar-refractivity contribution in [3.8, 4) is 17.2 Å². The first-order chi connectivity index (χ1) is 16.1. The van der Waals surface area contributed by atoms with Crippen molar-refractivity contribution < 1.29 is 14.3 Å². The fraction of sp³-hybridized carbons (Fsp3) is 0.0800. The maximum atomic E-state index is 13.4. The molecule has 5 aromatic rings. The number of ether oxygens (including phenoxy) is 2. The Hall–Kier alpha value is -4.59. The van der Waals surface area contributed by atoms with Gasteiger partial charge in [0.2, 0.25) is 6.79 Å². The van der Waals surface area contributed by atoms with Crippen molar-refractivity contribution in [3.05, 3.63) is 77.9 Å². The third-order valence-corrected chi connectivity index (χ3v) is 5.62. The summed E-state index contributed by atoms with van der Waals surface area (Å²) < 4.78 is 12.7. The normalized spacial score (nSPS) is 12.4. The summed E-state index contributed by atoms with van der Waals surface area (Å²) in [7, 11) is 0. The summed E-state index contributed by atoms with van der Waals surface area (Å²) in [6, 6.07) is 20.6. The Bertz CT molecular complexity index is 1570. The number of aryl methyl sites for hydroxylation is 1. The van der Waals surface area contributed by atoms with E-state index in [-0.39, 0.29) is 24.1 Å². The fourth-order valence-electron chi connectivity index (χ4n) is 4.09. The molecule has 0 spiro atoms. The molecule has 0 saturated carbocycles. The van der Waals surface area contributed by atoms with E-state index in [0.717, 1.165) is 5.56 Å². The van der Waals surface area contributed by atoms with Crippen LogP contribution in [0.2, 0.25) is 0 Å². The Morgan fingerprint density at radius 3 is 2.58 bits per heavy atom. The molecule has 162 valence electrons. The second-order valence-electron chi connectivity index (χ2n) is 7.84. The molecule has 0 radical (unpaired) electrons. The number of nitrogens with zero attached hydrogens (tertiary/aromatic N) is 3. The first-order valence-corrected chi connectivity index (χ1v) is 10.4. The van der Waals surface area contributed by atoms with E-state index in [1.165, 1.54) is 0 Å². The van der Waals surface area contributed by atoms with Crippen LogP contribution in [0.25, 0.3) is 27.9 Å². The van der Waals surface area contributed by atoms with Crippen LogP contribution in [0.15, 0.2) is 66.7 Å². The molecule has 0 atom stereocenters. The summed E-state index contributed by atoms with van der Waals surface area (Å²) in [5.74, 6) is 1.15. The SMILES string of the molecule is Cc1cccc(NC(=O)c2c(N)n(-c3ccc4c(c3)OCO4)c3nc4ccccc4nc23)c1. The van der Waals surface area contributed by atoms with Crippen LogP contribution in [0.3, 0.4) is 0 Å². The van der Waals surface area contributed by atoms with Gasteiger partial charge in [-0.05, 0) is 48.9 Å². The van der Waals surface area contributed by atoms with Crippen molar-refractivity contribution in [1.82, 2.24) is 14.5 Å². The summed E-state index contributed by atoms with van der Waals surface area (Å²) >= 11 is 0. The zero-order valence-electron chi connectivity index (χ0n) is 17.7. The first kappa shape index (κ1) is 19.1. The average Bonchev–Trinajstić information content (AvgIpc) is 3.38. The monoisotopic (exact) mass is 437 g/mol. The summed E-state index contributed by atoms with van der Waals surface area (Å²) in [5, 5.41) is 2.94. The molecule has 0 unspecified atom stereocenters. The topological polar surface area (TPSA) is 104 Å². The van der Waals surface area contributed by atoms with Gasteiger partial charge in [-0.3, -0.25) is 9.36 Å². The molecule has 3 N–H and O–H groups in total. The van der Waals surface area contributed by atoms with E-state index < -0.39 is 0 Å². The molecule has 0 bridgehead atoms. The number of carbonyl (C=O) groups excluding carboxylic acids is 1. The van der Waals surface area contributed by atoms with E-state index in [9.17, 15) is 4.79 Å². The molecule has 1 aliphatic heterocycles. The van der Waals surface area contributed by atoms with Gasteiger partial charge in [-0.2, -0.15) is 0 Å². The molecule has 0 fully saturated rings. The number of nitrogens with one attached hydrogen (secondary N) is 1. The molecular weight excluding hydrogens is 418 g/mol. The van der Waals surface area contributed by atoms with Gasteiger partial charge in [0, 0.05) is 11.8 Å². The number of anilines is 2. The van der Waals surface area contributed by atoms with Crippen molar-refractivity contribution >= 4 is 39.6 Å². The average molecular weight is 437 g/mol. The minimum Gasteiger partial charge on any atom is -0.454 e. The lowest BCUT2D eigenvalue weighted by Crippen LogP contribution is -2.14. The smallest absolute Gasteiger partial charge is 0.261 e. The summed E-state index contributed by atoms with van der Waals surface area (Å²) in [5.41, 5.74) is 11.6. The van der Waals surface area contributed by atoms with E-state index in [2.05, 4.69) is 5.32 Å². The number of hydrogen-bond donors (Lipinski definition) is 2. The Labute approximate surface area is 188 Å². The van der Waals surface area contributed by atoms with Gasteiger partial charge in [0.05, 0.1) is 16.7 Å². The molecule has 1 amide bonds. The van der Waals surface area contributed by atoms with Crippen LogP contribution in [0, 0.1) is 6.92 Å². The minimum absolute atomic E-state index is 0.162. The van der Waals surface area contributed by atoms with E-state index in [1.807, 2.05) is 73.7 Å². The Morgan fingerprint density at radius 1 is 0.970 bits per heavy atom. The Kier molecular flexibility index (Phi) is 4.19. The van der Waals surface area contributed by atoms with Crippen molar-refractivity contribution in [2.24, 2.45) is 0 Å². The Balaban J connectivity index is 1.58. The maximum Gasteiger partial charge on any atom is 0.261 e. The molecular formula is C25H19N5O3. The molecule has 6 rings (SSSR count). The van der Waals surface area contributed by atoms with E-state index >= 15 is 0 Å². The van der Waals surface area contributed by atoms with Crippen LogP contribution in [-0.4, -0.2) is 27.2 Å². The molecule has 3 heterocycles. The van der Waals surface area contributed by atoms with Crippen molar-refractivity contribution in [1.29, 1.82) is 0 Å². The van der Waals surface area contributed by atoms with Crippen molar-refractivity contribution in [2.45, 2.75) is 6.92 Å². The van der Waals surface area contributed by atoms with Gasteiger partial charge >= 0.3 is 0 Å². The summed E-state index contributed by atoms with van der Waals surface area (Å²) in [6.07, 6.45) is 0. The van der Waals surface area contributed by atoms with Crippen LogP contribution in [0.4, 0.5) is 11.5 Å². The number of nitrogens with two attached hydrogens (primary N) is 1. The predicted octanol–water partition coefficient (Wildman–Crippen LogP) is 4.45. The quantitative estimate of drug-likeness (QED) is 0.432. The molecule has 2 aromatic heterocycles. The van der Waals surface area contributed by atoms with E-state index in [4.69, 9.17) is 25.2 Å². The Morgan fingerprint density at radius 2 is 1.76 bits per heavy atom. The van der Waals surface area contributed by atoms with Gasteiger partial charge < -0.3 is 20.5 Å². The van der Waals surface area contributed by atoms with Crippen LogP contribution < -0.4 is 20.5 Å². The zero-order chi connectivity index (χ0) is 22.5. The first-order valence-electron chi connectivity index (χ1n) is 10.4. The van der Waals surface area contributed by atoms with Crippen molar-refractivity contribution in [3.63, 3.8) is 0 Å². The minimum atomic E-state index is -0.354. The lowest BCUT2D eigenvalue weighted by Gasteiger charge is -2.09. The van der Waals surface area contributed by atoms with Gasteiger partial charge in [-0.25, -0.2) is 9.97 Å². The number of benzene rings is 3.